The van der Waals surface area contributed by atoms with Gasteiger partial charge in [0.25, 0.3) is 0 Å². The molecule has 0 unspecified atom stereocenters. The average molecular weight is 500 g/mol. The van der Waals surface area contributed by atoms with Gasteiger partial charge in [0.05, 0.1) is 28.5 Å². The predicted octanol–water partition coefficient (Wildman–Crippen LogP) is 4.91. The molecule has 0 saturated carbocycles. The highest BCUT2D eigenvalue weighted by Gasteiger charge is 2.28. The molecule has 0 saturated heterocycles. The normalized spacial score (nSPS) is 13.0. The van der Waals surface area contributed by atoms with Crippen molar-refractivity contribution in [1.29, 1.82) is 0 Å². The molecule has 174 valence electrons. The molecule has 0 fully saturated rings. The highest BCUT2D eigenvalue weighted by molar-refractivity contribution is 7.89. The van der Waals surface area contributed by atoms with E-state index >= 15 is 0 Å². The van der Waals surface area contributed by atoms with E-state index in [1.165, 1.54) is 26.2 Å². The average Bonchev–Trinajstić information content (AvgIpc) is 3.27. The lowest BCUT2D eigenvalue weighted by Gasteiger charge is -2.21. The van der Waals surface area contributed by atoms with Gasteiger partial charge >= 0.3 is 0 Å². The van der Waals surface area contributed by atoms with Crippen molar-refractivity contribution in [2.75, 3.05) is 24.7 Å². The molecule has 3 rings (SSSR count). The SMILES string of the molecule is Cc1cc([C@H](Nc2nsnc2Nc2ccc(Cl)c(S(=O)(=O)N(C)C)c2O)C(C)C)oc1C. The molecular formula is C20H26ClN5O4S2. The van der Waals surface area contributed by atoms with Crippen LogP contribution in [0.1, 0.15) is 37.0 Å². The Labute approximate surface area is 196 Å². The van der Waals surface area contributed by atoms with Crippen LogP contribution in [0.25, 0.3) is 0 Å². The number of rotatable bonds is 8. The molecule has 2 heterocycles. The van der Waals surface area contributed by atoms with E-state index in [1.54, 1.807) is 0 Å². The number of furan rings is 1. The monoisotopic (exact) mass is 499 g/mol. The summed E-state index contributed by atoms with van der Waals surface area (Å²) in [5.74, 6) is 2.10. The van der Waals surface area contributed by atoms with Crippen molar-refractivity contribution < 1.29 is 17.9 Å². The minimum Gasteiger partial charge on any atom is -0.504 e. The summed E-state index contributed by atoms with van der Waals surface area (Å²) in [4.78, 5) is -0.381. The van der Waals surface area contributed by atoms with E-state index in [0.29, 0.717) is 11.6 Å². The van der Waals surface area contributed by atoms with Crippen molar-refractivity contribution in [3.63, 3.8) is 0 Å². The molecule has 3 aromatic rings. The van der Waals surface area contributed by atoms with Crippen molar-refractivity contribution in [1.82, 2.24) is 13.1 Å². The molecule has 32 heavy (non-hydrogen) atoms. The number of phenols is 1. The summed E-state index contributed by atoms with van der Waals surface area (Å²) >= 11 is 7.06. The van der Waals surface area contributed by atoms with E-state index in [2.05, 4.69) is 33.2 Å². The van der Waals surface area contributed by atoms with Gasteiger partial charge in [-0.15, -0.1) is 0 Å². The Morgan fingerprint density at radius 2 is 1.84 bits per heavy atom. The lowest BCUT2D eigenvalue weighted by molar-refractivity contribution is 0.408. The Kier molecular flexibility index (Phi) is 7.03. The molecule has 2 aromatic heterocycles. The zero-order valence-electron chi connectivity index (χ0n) is 18.6. The molecular weight excluding hydrogens is 474 g/mol. The van der Waals surface area contributed by atoms with Crippen molar-refractivity contribution in [2.45, 2.75) is 38.6 Å². The molecule has 0 spiro atoms. The Bertz CT molecular complexity index is 1200. The summed E-state index contributed by atoms with van der Waals surface area (Å²) in [6.45, 7) is 8.01. The second-order valence-corrected chi connectivity index (χ2v) is 10.9. The van der Waals surface area contributed by atoms with E-state index < -0.39 is 15.8 Å². The van der Waals surface area contributed by atoms with Crippen LogP contribution in [0.2, 0.25) is 5.02 Å². The highest BCUT2D eigenvalue weighted by Crippen LogP contribution is 2.40. The van der Waals surface area contributed by atoms with E-state index in [0.717, 1.165) is 33.1 Å². The number of phenolic OH excluding ortho intramolecular Hbond substituents is 1. The van der Waals surface area contributed by atoms with Gasteiger partial charge in [-0.05, 0) is 43.5 Å². The first-order valence-electron chi connectivity index (χ1n) is 9.80. The third kappa shape index (κ3) is 4.70. The van der Waals surface area contributed by atoms with Crippen LogP contribution in [0.5, 0.6) is 5.75 Å². The molecule has 0 aliphatic heterocycles. The maximum absolute atomic E-state index is 12.6. The van der Waals surface area contributed by atoms with Gasteiger partial charge in [-0.25, -0.2) is 12.7 Å². The lowest BCUT2D eigenvalue weighted by Crippen LogP contribution is -2.22. The number of aryl methyl sites for hydroxylation is 2. The first-order valence-corrected chi connectivity index (χ1v) is 12.3. The number of halogens is 1. The minimum atomic E-state index is -3.97. The molecule has 0 bridgehead atoms. The molecule has 1 atom stereocenters. The second kappa shape index (κ2) is 9.26. The van der Waals surface area contributed by atoms with Gasteiger partial charge in [-0.1, -0.05) is 25.4 Å². The first kappa shape index (κ1) is 24.3. The maximum atomic E-state index is 12.6. The summed E-state index contributed by atoms with van der Waals surface area (Å²) < 4.78 is 40.7. The van der Waals surface area contributed by atoms with Crippen molar-refractivity contribution in [3.05, 3.63) is 40.3 Å². The topological polar surface area (TPSA) is 121 Å². The summed E-state index contributed by atoms with van der Waals surface area (Å²) in [6, 6.07) is 4.70. The van der Waals surface area contributed by atoms with Gasteiger partial charge in [0, 0.05) is 14.1 Å². The summed E-state index contributed by atoms with van der Waals surface area (Å²) in [5.41, 5.74) is 1.19. The fourth-order valence-electron chi connectivity index (χ4n) is 3.04. The van der Waals surface area contributed by atoms with Crippen molar-refractivity contribution in [2.24, 2.45) is 5.92 Å². The Morgan fingerprint density at radius 1 is 1.19 bits per heavy atom. The van der Waals surface area contributed by atoms with E-state index in [9.17, 15) is 13.5 Å². The fourth-order valence-corrected chi connectivity index (χ4v) is 4.99. The second-order valence-electron chi connectivity index (χ2n) is 7.90. The molecule has 0 aliphatic rings. The fraction of sp³-hybridized carbons (Fsp3) is 0.400. The van der Waals surface area contributed by atoms with Crippen LogP contribution in [0.15, 0.2) is 27.5 Å². The standard InChI is InChI=1S/C20H26ClN5O4S2/c1-10(2)16(15-9-11(3)12(4)30-15)23-20-19(24-31-25-20)22-14-8-7-13(21)18(17(14)27)32(28,29)26(5)6/h7-10,16,27H,1-6H3,(H,22,24)(H,23,25)/t16-/m1/s1. The zero-order chi connectivity index (χ0) is 23.8. The van der Waals surface area contributed by atoms with Crippen LogP contribution in [0.3, 0.4) is 0 Å². The third-order valence-corrected chi connectivity index (χ3v) is 7.86. The van der Waals surface area contributed by atoms with Crippen LogP contribution >= 0.6 is 23.3 Å². The molecule has 1 aromatic carbocycles. The number of hydrogen-bond donors (Lipinski definition) is 3. The number of nitrogens with zero attached hydrogens (tertiary/aromatic N) is 3. The number of sulfonamides is 1. The van der Waals surface area contributed by atoms with Gasteiger partial charge in [-0.3, -0.25) is 0 Å². The van der Waals surface area contributed by atoms with Crippen LogP contribution in [-0.4, -0.2) is 40.7 Å². The van der Waals surface area contributed by atoms with Crippen molar-refractivity contribution >= 4 is 50.7 Å². The number of anilines is 3. The number of aromatic hydroxyl groups is 1. The predicted molar refractivity (Wildman–Crippen MR) is 127 cm³/mol. The quantitative estimate of drug-likeness (QED) is 0.374. The highest BCUT2D eigenvalue weighted by atomic mass is 35.5. The number of benzene rings is 1. The van der Waals surface area contributed by atoms with Gasteiger partial charge in [0.15, 0.2) is 17.4 Å². The molecule has 0 radical (unpaired) electrons. The first-order chi connectivity index (χ1) is 14.9. The molecule has 0 aliphatic carbocycles. The largest absolute Gasteiger partial charge is 0.504 e. The van der Waals surface area contributed by atoms with Gasteiger partial charge in [0.1, 0.15) is 16.4 Å². The molecule has 12 heteroatoms. The molecule has 9 nitrogen and oxygen atoms in total. The Morgan fingerprint density at radius 3 is 2.41 bits per heavy atom. The smallest absolute Gasteiger partial charge is 0.247 e. The number of hydrogen-bond acceptors (Lipinski definition) is 9. The summed E-state index contributed by atoms with van der Waals surface area (Å²) in [6.07, 6.45) is 0. The third-order valence-electron chi connectivity index (χ3n) is 5.01. The molecule has 0 amide bonds. The van der Waals surface area contributed by atoms with Gasteiger partial charge in [-0.2, -0.15) is 8.75 Å². The van der Waals surface area contributed by atoms with E-state index in [-0.39, 0.29) is 27.6 Å². The van der Waals surface area contributed by atoms with Gasteiger partial charge < -0.3 is 20.2 Å². The summed E-state index contributed by atoms with van der Waals surface area (Å²) in [5, 5.41) is 16.9. The van der Waals surface area contributed by atoms with Gasteiger partial charge in [0.2, 0.25) is 10.0 Å². The Hall–Kier alpha value is -2.34. The molecule has 3 N–H and O–H groups in total. The lowest BCUT2D eigenvalue weighted by atomic mass is 10.0. The van der Waals surface area contributed by atoms with E-state index in [4.69, 9.17) is 16.0 Å². The number of nitrogens with one attached hydrogen (secondary N) is 2. The van der Waals surface area contributed by atoms with Crippen molar-refractivity contribution in [3.8, 4) is 5.75 Å². The van der Waals surface area contributed by atoms with Crippen LogP contribution < -0.4 is 10.6 Å². The minimum absolute atomic E-state index is 0.0834. The van der Waals surface area contributed by atoms with Crippen LogP contribution in [-0.2, 0) is 10.0 Å². The van der Waals surface area contributed by atoms with Crippen LogP contribution in [0, 0.1) is 19.8 Å². The van der Waals surface area contributed by atoms with E-state index in [1.807, 2.05) is 19.9 Å². The summed E-state index contributed by atoms with van der Waals surface area (Å²) in [7, 11) is -1.24. The number of aromatic nitrogens is 2. The maximum Gasteiger partial charge on any atom is 0.247 e. The Balaban J connectivity index is 1.94. The van der Waals surface area contributed by atoms with Crippen LogP contribution in [0.4, 0.5) is 17.3 Å². The zero-order valence-corrected chi connectivity index (χ0v) is 21.0.